The van der Waals surface area contributed by atoms with Crippen LogP contribution in [0.5, 0.6) is 0 Å². The number of aromatic nitrogens is 1. The lowest BCUT2D eigenvalue weighted by Crippen LogP contribution is -1.72. The number of nitrogens with zero attached hydrogens (tertiary/aromatic N) is 1. The average Bonchev–Trinajstić information content (AvgIpc) is 2.05. The van der Waals surface area contributed by atoms with Crippen molar-refractivity contribution in [3.63, 3.8) is 0 Å². The molecule has 0 N–H and O–H groups in total. The van der Waals surface area contributed by atoms with Gasteiger partial charge in [-0.2, -0.15) is 0 Å². The molecule has 0 fully saturated rings. The van der Waals surface area contributed by atoms with Crippen LogP contribution in [-0.4, -0.2) is 4.98 Å². The molecule has 0 aliphatic heterocycles. The summed E-state index contributed by atoms with van der Waals surface area (Å²) in [6.45, 7) is 0. The van der Waals surface area contributed by atoms with Crippen LogP contribution in [0.2, 0.25) is 0 Å². The van der Waals surface area contributed by atoms with Crippen LogP contribution in [0.1, 0.15) is 0 Å². The Morgan fingerprint density at radius 2 is 2.30 bits per heavy atom. The van der Waals surface area contributed by atoms with Gasteiger partial charge < -0.3 is 0 Å². The summed E-state index contributed by atoms with van der Waals surface area (Å²) in [7, 11) is 0. The predicted octanol–water partition coefficient (Wildman–Crippen LogP) is 1.84. The number of hydrogen-bond acceptors (Lipinski definition) is 1. The van der Waals surface area contributed by atoms with Gasteiger partial charge in [-0.05, 0) is 23.6 Å². The first kappa shape index (κ1) is 5.42. The Balaban J connectivity index is 2.89. The second kappa shape index (κ2) is 2.10. The van der Waals surface area contributed by atoms with Gasteiger partial charge in [-0.25, -0.2) is 0 Å². The molecule has 0 aliphatic rings. The number of rotatable bonds is 0. The van der Waals surface area contributed by atoms with Gasteiger partial charge >= 0.3 is 0 Å². The van der Waals surface area contributed by atoms with Gasteiger partial charge in [0.15, 0.2) is 0 Å². The van der Waals surface area contributed by atoms with Crippen molar-refractivity contribution in [2.45, 2.75) is 0 Å². The molecule has 0 amide bonds. The molecule has 0 saturated carbocycles. The third-order valence-electron chi connectivity index (χ3n) is 1.40. The summed E-state index contributed by atoms with van der Waals surface area (Å²) in [4.78, 5) is 3.98. The molecular weight excluding hydrogens is 122 g/mol. The van der Waals surface area contributed by atoms with Crippen molar-refractivity contribution in [2.75, 3.05) is 0 Å². The molecule has 2 aromatic rings. The summed E-state index contributed by atoms with van der Waals surface area (Å²) >= 11 is 0. The Morgan fingerprint density at radius 3 is 3.20 bits per heavy atom. The predicted molar refractivity (Wildman–Crippen MR) is 39.4 cm³/mol. The van der Waals surface area contributed by atoms with E-state index in [2.05, 4.69) is 17.1 Å². The Bertz CT molecular complexity index is 276. The minimum absolute atomic E-state index is 1.07. The molecule has 2 rings (SSSR count). The van der Waals surface area contributed by atoms with Gasteiger partial charge in [-0.3, -0.25) is 4.98 Å². The largest absolute Gasteiger partial charge is 0.264 e. The van der Waals surface area contributed by atoms with Gasteiger partial charge in [-0.15, -0.1) is 0 Å². The fourth-order valence-corrected chi connectivity index (χ4v) is 0.904. The number of fused-ring (bicyclic) bond motifs is 1. The SMILES string of the molecule is [c]1[c]c2ccncc2cc1. The quantitative estimate of drug-likeness (QED) is 0.526. The highest BCUT2D eigenvalue weighted by atomic mass is 14.6. The zero-order valence-corrected chi connectivity index (χ0v) is 5.33. The second-order valence-electron chi connectivity index (χ2n) is 2.07. The summed E-state index contributed by atoms with van der Waals surface area (Å²) in [5.41, 5.74) is 0. The molecule has 2 radical (unpaired) electrons. The fourth-order valence-electron chi connectivity index (χ4n) is 0.904. The van der Waals surface area contributed by atoms with Crippen molar-refractivity contribution >= 4 is 10.8 Å². The van der Waals surface area contributed by atoms with Crippen LogP contribution in [0.3, 0.4) is 0 Å². The van der Waals surface area contributed by atoms with E-state index in [9.17, 15) is 0 Å². The summed E-state index contributed by atoms with van der Waals surface area (Å²) in [6, 6.07) is 11.6. The zero-order valence-electron chi connectivity index (χ0n) is 5.33. The number of benzene rings is 1. The van der Waals surface area contributed by atoms with E-state index in [1.54, 1.807) is 6.20 Å². The van der Waals surface area contributed by atoms with Crippen LogP contribution in [-0.2, 0) is 0 Å². The number of hydrogen-bond donors (Lipinski definition) is 0. The highest BCUT2D eigenvalue weighted by Crippen LogP contribution is 2.08. The third kappa shape index (κ3) is 0.760. The maximum absolute atomic E-state index is 3.98. The van der Waals surface area contributed by atoms with Crippen LogP contribution in [0, 0.1) is 12.1 Å². The third-order valence-corrected chi connectivity index (χ3v) is 1.40. The van der Waals surface area contributed by atoms with E-state index in [-0.39, 0.29) is 0 Å². The van der Waals surface area contributed by atoms with E-state index in [0.717, 1.165) is 10.8 Å². The van der Waals surface area contributed by atoms with Crippen LogP contribution < -0.4 is 0 Å². The van der Waals surface area contributed by atoms with Gasteiger partial charge in [0.2, 0.25) is 0 Å². The first-order valence-corrected chi connectivity index (χ1v) is 3.09. The van der Waals surface area contributed by atoms with Gasteiger partial charge in [0.1, 0.15) is 0 Å². The average molecular weight is 127 g/mol. The molecular formula is C9H5N. The summed E-state index contributed by atoms with van der Waals surface area (Å²) in [5, 5.41) is 2.18. The van der Waals surface area contributed by atoms with Crippen molar-refractivity contribution in [3.05, 3.63) is 42.7 Å². The van der Waals surface area contributed by atoms with Crippen molar-refractivity contribution < 1.29 is 0 Å². The van der Waals surface area contributed by atoms with Crippen molar-refractivity contribution in [2.24, 2.45) is 0 Å². The van der Waals surface area contributed by atoms with E-state index in [4.69, 9.17) is 0 Å². The Kier molecular flexibility index (Phi) is 1.14. The molecule has 1 nitrogen and oxygen atoms in total. The Labute approximate surface area is 59.3 Å². The molecule has 1 aromatic heterocycles. The lowest BCUT2D eigenvalue weighted by atomic mass is 10.2. The fraction of sp³-hybridized carbons (Fsp3) is 0. The maximum atomic E-state index is 3.98. The van der Waals surface area contributed by atoms with Gasteiger partial charge in [0, 0.05) is 17.8 Å². The molecule has 0 spiro atoms. The van der Waals surface area contributed by atoms with E-state index >= 15 is 0 Å². The minimum atomic E-state index is 1.07. The smallest absolute Gasteiger partial charge is 0.0346 e. The molecule has 0 saturated heterocycles. The van der Waals surface area contributed by atoms with E-state index in [0.29, 0.717) is 0 Å². The zero-order chi connectivity index (χ0) is 6.81. The summed E-state index contributed by atoms with van der Waals surface area (Å²) in [6.07, 6.45) is 3.58. The minimum Gasteiger partial charge on any atom is -0.264 e. The molecule has 0 bridgehead atoms. The topological polar surface area (TPSA) is 12.9 Å². The standard InChI is InChI=1S/C9H5N/c1-2-4-9-7-10-6-5-8(9)3-1/h2,4-7H. The first-order valence-electron chi connectivity index (χ1n) is 3.09. The van der Waals surface area contributed by atoms with Gasteiger partial charge in [-0.1, -0.05) is 12.1 Å². The lowest BCUT2D eigenvalue weighted by Gasteiger charge is -1.90. The van der Waals surface area contributed by atoms with Crippen molar-refractivity contribution in [1.29, 1.82) is 0 Å². The van der Waals surface area contributed by atoms with E-state index in [1.165, 1.54) is 0 Å². The van der Waals surface area contributed by atoms with Crippen molar-refractivity contribution in [3.8, 4) is 0 Å². The van der Waals surface area contributed by atoms with Crippen LogP contribution in [0.25, 0.3) is 10.8 Å². The molecule has 1 heteroatoms. The molecule has 1 heterocycles. The van der Waals surface area contributed by atoms with Crippen molar-refractivity contribution in [1.82, 2.24) is 4.98 Å². The normalized spacial score (nSPS) is 10.0. The summed E-state index contributed by atoms with van der Waals surface area (Å²) in [5.74, 6) is 0. The first-order chi connectivity index (χ1) is 4.97. The van der Waals surface area contributed by atoms with Crippen LogP contribution >= 0.6 is 0 Å². The maximum Gasteiger partial charge on any atom is 0.0346 e. The molecule has 0 atom stereocenters. The lowest BCUT2D eigenvalue weighted by molar-refractivity contribution is 1.36. The van der Waals surface area contributed by atoms with Gasteiger partial charge in [0.25, 0.3) is 0 Å². The highest BCUT2D eigenvalue weighted by molar-refractivity contribution is 5.80. The highest BCUT2D eigenvalue weighted by Gasteiger charge is 1.87. The Hall–Kier alpha value is -1.37. The molecule has 46 valence electrons. The number of pyridine rings is 1. The summed E-state index contributed by atoms with van der Waals surface area (Å²) < 4.78 is 0. The monoisotopic (exact) mass is 127 g/mol. The van der Waals surface area contributed by atoms with Crippen LogP contribution in [0.15, 0.2) is 30.6 Å². The molecule has 10 heavy (non-hydrogen) atoms. The molecule has 0 aliphatic carbocycles. The second-order valence-corrected chi connectivity index (χ2v) is 2.07. The van der Waals surface area contributed by atoms with E-state index < -0.39 is 0 Å². The molecule has 1 aromatic carbocycles. The van der Waals surface area contributed by atoms with Crippen LogP contribution in [0.4, 0.5) is 0 Å². The Morgan fingerprint density at radius 1 is 1.30 bits per heavy atom. The molecule has 0 unspecified atom stereocenters. The van der Waals surface area contributed by atoms with E-state index in [1.807, 2.05) is 24.4 Å². The van der Waals surface area contributed by atoms with Gasteiger partial charge in [0.05, 0.1) is 0 Å².